The van der Waals surface area contributed by atoms with Crippen molar-refractivity contribution in [3.63, 3.8) is 0 Å². The van der Waals surface area contributed by atoms with Gasteiger partial charge in [-0.3, -0.25) is 9.59 Å². The van der Waals surface area contributed by atoms with Crippen LogP contribution in [0.5, 0.6) is 0 Å². The highest BCUT2D eigenvalue weighted by Gasteiger charge is 2.43. The number of carbonyl (C=O) groups excluding carboxylic acids is 2. The van der Waals surface area contributed by atoms with Gasteiger partial charge < -0.3 is 21.2 Å². The van der Waals surface area contributed by atoms with Crippen molar-refractivity contribution in [2.75, 3.05) is 20.1 Å². The second-order valence-electron chi connectivity index (χ2n) is 5.90. The lowest BCUT2D eigenvalue weighted by Crippen LogP contribution is -2.45. The number of hydrogen-bond acceptors (Lipinski definition) is 4. The molecule has 1 heterocycles. The fourth-order valence-corrected chi connectivity index (χ4v) is 2.65. The Balaban J connectivity index is 2.87. The summed E-state index contributed by atoms with van der Waals surface area (Å²) >= 11 is 0. The van der Waals surface area contributed by atoms with E-state index in [-0.39, 0.29) is 23.6 Å². The molecule has 0 aliphatic carbocycles. The van der Waals surface area contributed by atoms with Gasteiger partial charge in [0, 0.05) is 20.1 Å². The summed E-state index contributed by atoms with van der Waals surface area (Å²) in [5, 5.41) is 14.4. The molecule has 7 heteroatoms. The number of amidine groups is 1. The molecule has 0 aromatic carbocycles. The van der Waals surface area contributed by atoms with Gasteiger partial charge in [0.15, 0.2) is 5.84 Å². The highest BCUT2D eigenvalue weighted by atomic mass is 16.4. The molecule has 1 fully saturated rings. The van der Waals surface area contributed by atoms with Gasteiger partial charge in [0.1, 0.15) is 5.92 Å². The summed E-state index contributed by atoms with van der Waals surface area (Å²) in [4.78, 5) is 26.0. The summed E-state index contributed by atoms with van der Waals surface area (Å²) in [6.07, 6.45) is 0.611. The Hall–Kier alpha value is -1.79. The zero-order valence-electron chi connectivity index (χ0n) is 12.5. The average Bonchev–Trinajstić information content (AvgIpc) is 2.81. The van der Waals surface area contributed by atoms with Gasteiger partial charge in [-0.05, 0) is 19.3 Å². The predicted molar refractivity (Wildman–Crippen MR) is 75.1 cm³/mol. The van der Waals surface area contributed by atoms with E-state index < -0.39 is 11.3 Å². The van der Waals surface area contributed by atoms with E-state index in [1.54, 1.807) is 11.9 Å². The van der Waals surface area contributed by atoms with Gasteiger partial charge in [-0.2, -0.15) is 0 Å². The largest absolute Gasteiger partial charge is 0.409 e. The zero-order chi connectivity index (χ0) is 15.5. The van der Waals surface area contributed by atoms with E-state index in [2.05, 4.69) is 10.5 Å². The second-order valence-corrected chi connectivity index (χ2v) is 5.90. The first kappa shape index (κ1) is 16.3. The molecule has 1 aliphatic rings. The van der Waals surface area contributed by atoms with Crippen LogP contribution in [-0.4, -0.2) is 47.9 Å². The Morgan fingerprint density at radius 3 is 2.50 bits per heavy atom. The molecule has 2 amide bonds. The Bertz CT molecular complexity index is 422. The summed E-state index contributed by atoms with van der Waals surface area (Å²) in [7, 11) is 1.59. The van der Waals surface area contributed by atoms with E-state index in [0.717, 1.165) is 0 Å². The highest BCUT2D eigenvalue weighted by molar-refractivity contribution is 6.02. The van der Waals surface area contributed by atoms with Crippen LogP contribution in [-0.2, 0) is 9.59 Å². The van der Waals surface area contributed by atoms with Crippen molar-refractivity contribution >= 4 is 17.6 Å². The minimum Gasteiger partial charge on any atom is -0.409 e. The summed E-state index contributed by atoms with van der Waals surface area (Å²) in [5.74, 6) is -1.09. The van der Waals surface area contributed by atoms with E-state index in [0.29, 0.717) is 19.5 Å². The third kappa shape index (κ3) is 3.02. The molecule has 0 bridgehead atoms. The van der Waals surface area contributed by atoms with Crippen molar-refractivity contribution in [1.82, 2.24) is 10.2 Å². The molecule has 114 valence electrons. The molecule has 1 aliphatic heterocycles. The van der Waals surface area contributed by atoms with Crippen molar-refractivity contribution < 1.29 is 14.8 Å². The highest BCUT2D eigenvalue weighted by Crippen LogP contribution is 2.31. The molecule has 7 nitrogen and oxygen atoms in total. The standard InChI is InChI=1S/C13H24N4O3/c1-8(2)9(10(14)16-20)11(18)17-6-5-13(3,7-17)12(19)15-4/h8-9,20H,5-7H2,1-4H3,(H2,14,16)(H,15,19). The van der Waals surface area contributed by atoms with Gasteiger partial charge in [0.25, 0.3) is 0 Å². The third-order valence-corrected chi connectivity index (χ3v) is 3.93. The molecule has 20 heavy (non-hydrogen) atoms. The van der Waals surface area contributed by atoms with Crippen molar-refractivity contribution in [3.05, 3.63) is 0 Å². The van der Waals surface area contributed by atoms with Crippen LogP contribution < -0.4 is 11.1 Å². The van der Waals surface area contributed by atoms with Crippen molar-refractivity contribution in [2.24, 2.45) is 28.1 Å². The van der Waals surface area contributed by atoms with Crippen molar-refractivity contribution in [3.8, 4) is 0 Å². The Labute approximate surface area is 119 Å². The average molecular weight is 284 g/mol. The Kier molecular flexibility index (Phi) is 4.97. The quantitative estimate of drug-likeness (QED) is 0.292. The van der Waals surface area contributed by atoms with Crippen LogP contribution in [0.3, 0.4) is 0 Å². The third-order valence-electron chi connectivity index (χ3n) is 3.93. The first-order valence-corrected chi connectivity index (χ1v) is 6.75. The number of carbonyl (C=O) groups is 2. The zero-order valence-corrected chi connectivity index (χ0v) is 12.5. The topological polar surface area (TPSA) is 108 Å². The van der Waals surface area contributed by atoms with Gasteiger partial charge in [-0.15, -0.1) is 0 Å². The van der Waals surface area contributed by atoms with E-state index in [9.17, 15) is 9.59 Å². The molecule has 1 rings (SSSR count). The molecule has 0 spiro atoms. The maximum atomic E-state index is 12.5. The lowest BCUT2D eigenvalue weighted by Gasteiger charge is -2.27. The normalized spacial score (nSPS) is 24.9. The molecular formula is C13H24N4O3. The first-order chi connectivity index (χ1) is 9.26. The number of likely N-dealkylation sites (tertiary alicyclic amines) is 1. The fraction of sp³-hybridized carbons (Fsp3) is 0.769. The van der Waals surface area contributed by atoms with Crippen LogP contribution in [0.4, 0.5) is 0 Å². The molecule has 2 unspecified atom stereocenters. The van der Waals surface area contributed by atoms with Crippen LogP contribution in [0.25, 0.3) is 0 Å². The molecule has 1 saturated heterocycles. The van der Waals surface area contributed by atoms with E-state index in [1.807, 2.05) is 20.8 Å². The number of nitrogens with two attached hydrogens (primary N) is 1. The monoisotopic (exact) mass is 284 g/mol. The van der Waals surface area contributed by atoms with E-state index in [4.69, 9.17) is 10.9 Å². The van der Waals surface area contributed by atoms with Crippen LogP contribution in [0.15, 0.2) is 5.16 Å². The Morgan fingerprint density at radius 2 is 2.05 bits per heavy atom. The molecule has 0 aromatic rings. The lowest BCUT2D eigenvalue weighted by molar-refractivity contribution is -0.135. The molecule has 0 radical (unpaired) electrons. The smallest absolute Gasteiger partial charge is 0.233 e. The maximum absolute atomic E-state index is 12.5. The fourth-order valence-electron chi connectivity index (χ4n) is 2.65. The SMILES string of the molecule is CNC(=O)C1(C)CCN(C(=O)C(C(N)=NO)C(C)C)C1. The predicted octanol–water partition coefficient (Wildman–Crippen LogP) is -0.0104. The van der Waals surface area contributed by atoms with Gasteiger partial charge >= 0.3 is 0 Å². The molecule has 0 saturated carbocycles. The van der Waals surface area contributed by atoms with E-state index >= 15 is 0 Å². The summed E-state index contributed by atoms with van der Waals surface area (Å²) in [6.45, 7) is 6.38. The van der Waals surface area contributed by atoms with Crippen LogP contribution in [0, 0.1) is 17.3 Å². The number of hydrogen-bond donors (Lipinski definition) is 3. The second kappa shape index (κ2) is 6.11. The van der Waals surface area contributed by atoms with Crippen molar-refractivity contribution in [1.29, 1.82) is 0 Å². The molecular weight excluding hydrogens is 260 g/mol. The van der Waals surface area contributed by atoms with Gasteiger partial charge in [0.05, 0.1) is 5.41 Å². The number of amides is 2. The number of nitrogens with zero attached hydrogens (tertiary/aromatic N) is 2. The molecule has 2 atom stereocenters. The minimum absolute atomic E-state index is 0.0716. The molecule has 0 aromatic heterocycles. The van der Waals surface area contributed by atoms with Gasteiger partial charge in [-0.1, -0.05) is 19.0 Å². The van der Waals surface area contributed by atoms with Crippen LogP contribution in [0.2, 0.25) is 0 Å². The lowest BCUT2D eigenvalue weighted by atomic mass is 9.88. The maximum Gasteiger partial charge on any atom is 0.233 e. The van der Waals surface area contributed by atoms with Crippen molar-refractivity contribution in [2.45, 2.75) is 27.2 Å². The van der Waals surface area contributed by atoms with Crippen LogP contribution in [0.1, 0.15) is 27.2 Å². The summed E-state index contributed by atoms with van der Waals surface area (Å²) in [5.41, 5.74) is 5.04. The first-order valence-electron chi connectivity index (χ1n) is 6.75. The van der Waals surface area contributed by atoms with Gasteiger partial charge in [-0.25, -0.2) is 0 Å². The van der Waals surface area contributed by atoms with Gasteiger partial charge in [0.2, 0.25) is 11.8 Å². The number of oxime groups is 1. The minimum atomic E-state index is -0.660. The summed E-state index contributed by atoms with van der Waals surface area (Å²) in [6, 6.07) is 0. The number of rotatable bonds is 4. The summed E-state index contributed by atoms with van der Waals surface area (Å²) < 4.78 is 0. The van der Waals surface area contributed by atoms with Crippen LogP contribution >= 0.6 is 0 Å². The number of nitrogens with one attached hydrogen (secondary N) is 1. The molecule has 4 N–H and O–H groups in total. The Morgan fingerprint density at radius 1 is 1.45 bits per heavy atom. The van der Waals surface area contributed by atoms with E-state index in [1.165, 1.54) is 0 Å².